The molecule has 0 unspecified atom stereocenters. The fourth-order valence-corrected chi connectivity index (χ4v) is 2.47. The molecule has 3 aromatic rings. The van der Waals surface area contributed by atoms with Gasteiger partial charge in [-0.3, -0.25) is 9.78 Å². The summed E-state index contributed by atoms with van der Waals surface area (Å²) in [6.45, 7) is 0.271. The largest absolute Gasteiger partial charge is 0.329 e. The lowest BCUT2D eigenvalue weighted by molar-refractivity contribution is -0.117. The van der Waals surface area contributed by atoms with Gasteiger partial charge in [0.25, 0.3) is 0 Å². The molecule has 0 spiro atoms. The number of rotatable bonds is 4. The van der Waals surface area contributed by atoms with E-state index in [2.05, 4.69) is 10.3 Å². The fourth-order valence-electron chi connectivity index (χ4n) is 2.47. The van der Waals surface area contributed by atoms with Crippen molar-refractivity contribution in [2.45, 2.75) is 5.92 Å². The molecule has 0 radical (unpaired) electrons. The maximum Gasteiger partial charge on any atom is 0.233 e. The van der Waals surface area contributed by atoms with Gasteiger partial charge in [-0.1, -0.05) is 36.4 Å². The van der Waals surface area contributed by atoms with E-state index in [0.29, 0.717) is 0 Å². The molecular weight excluding hydrogens is 274 g/mol. The van der Waals surface area contributed by atoms with Gasteiger partial charge in [-0.25, -0.2) is 0 Å². The van der Waals surface area contributed by atoms with E-state index in [1.165, 1.54) is 0 Å². The number of benzene rings is 2. The van der Waals surface area contributed by atoms with Crippen molar-refractivity contribution in [2.24, 2.45) is 5.73 Å². The average Bonchev–Trinajstić information content (AvgIpc) is 2.56. The molecule has 1 atom stereocenters. The molecule has 1 aromatic heterocycles. The highest BCUT2D eigenvalue weighted by atomic mass is 16.1. The number of fused-ring (bicyclic) bond motifs is 1. The van der Waals surface area contributed by atoms with Crippen LogP contribution in [-0.2, 0) is 4.79 Å². The maximum absolute atomic E-state index is 12.5. The Balaban J connectivity index is 1.82. The van der Waals surface area contributed by atoms with Gasteiger partial charge >= 0.3 is 0 Å². The minimum absolute atomic E-state index is 0.0953. The van der Waals surface area contributed by atoms with Gasteiger partial charge in [0, 0.05) is 30.0 Å². The minimum atomic E-state index is -0.352. The number of amides is 1. The highest BCUT2D eigenvalue weighted by Crippen LogP contribution is 2.21. The highest BCUT2D eigenvalue weighted by Gasteiger charge is 2.18. The summed E-state index contributed by atoms with van der Waals surface area (Å²) in [5.41, 5.74) is 7.47. The lowest BCUT2D eigenvalue weighted by Gasteiger charge is -2.15. The number of aromatic nitrogens is 1. The van der Waals surface area contributed by atoms with Gasteiger partial charge < -0.3 is 11.1 Å². The van der Waals surface area contributed by atoms with E-state index in [-0.39, 0.29) is 18.4 Å². The number of anilines is 1. The summed E-state index contributed by atoms with van der Waals surface area (Å²) in [7, 11) is 0. The van der Waals surface area contributed by atoms with Crippen molar-refractivity contribution in [1.82, 2.24) is 4.98 Å². The summed E-state index contributed by atoms with van der Waals surface area (Å²) >= 11 is 0. The Morgan fingerprint density at radius 3 is 2.68 bits per heavy atom. The summed E-state index contributed by atoms with van der Waals surface area (Å²) in [4.78, 5) is 16.6. The first-order valence-electron chi connectivity index (χ1n) is 7.17. The van der Waals surface area contributed by atoms with Gasteiger partial charge in [-0.2, -0.15) is 0 Å². The standard InChI is InChI=1S/C18H17N3O/c19-11-17(13-4-2-1-3-5-13)18(22)21-16-7-6-15-12-20-9-8-14(15)10-16/h1-10,12,17H,11,19H2,(H,21,22)/t17-/m1/s1. The second-order valence-electron chi connectivity index (χ2n) is 5.13. The molecule has 0 fully saturated rings. The van der Waals surface area contributed by atoms with Crippen molar-refractivity contribution in [2.75, 3.05) is 11.9 Å². The first-order valence-corrected chi connectivity index (χ1v) is 7.17. The summed E-state index contributed by atoms with van der Waals surface area (Å²) in [6.07, 6.45) is 3.54. The van der Waals surface area contributed by atoms with E-state index in [0.717, 1.165) is 22.0 Å². The second kappa shape index (κ2) is 6.37. The number of carbonyl (C=O) groups is 1. The number of hydrogen-bond donors (Lipinski definition) is 2. The number of nitrogens with two attached hydrogens (primary N) is 1. The van der Waals surface area contributed by atoms with Crippen LogP contribution in [0.3, 0.4) is 0 Å². The fraction of sp³-hybridized carbons (Fsp3) is 0.111. The van der Waals surface area contributed by atoms with Crippen LogP contribution in [0.1, 0.15) is 11.5 Å². The molecule has 3 rings (SSSR count). The summed E-state index contributed by atoms with van der Waals surface area (Å²) in [6, 6.07) is 17.3. The molecule has 0 bridgehead atoms. The van der Waals surface area contributed by atoms with Gasteiger partial charge in [-0.15, -0.1) is 0 Å². The van der Waals surface area contributed by atoms with Gasteiger partial charge in [0.1, 0.15) is 0 Å². The van der Waals surface area contributed by atoms with Crippen LogP contribution in [0.5, 0.6) is 0 Å². The average molecular weight is 291 g/mol. The van der Waals surface area contributed by atoms with Gasteiger partial charge in [0.15, 0.2) is 0 Å². The Kier molecular flexibility index (Phi) is 4.12. The van der Waals surface area contributed by atoms with Crippen molar-refractivity contribution in [3.05, 3.63) is 72.6 Å². The molecule has 4 heteroatoms. The molecule has 0 aliphatic heterocycles. The molecule has 0 aliphatic rings. The summed E-state index contributed by atoms with van der Waals surface area (Å²) < 4.78 is 0. The Bertz CT molecular complexity index is 786. The minimum Gasteiger partial charge on any atom is -0.329 e. The molecule has 22 heavy (non-hydrogen) atoms. The monoisotopic (exact) mass is 291 g/mol. The molecular formula is C18H17N3O. The van der Waals surface area contributed by atoms with Crippen molar-refractivity contribution in [3.8, 4) is 0 Å². The van der Waals surface area contributed by atoms with E-state index in [1.807, 2.05) is 54.6 Å². The molecule has 1 amide bonds. The van der Waals surface area contributed by atoms with Crippen molar-refractivity contribution >= 4 is 22.4 Å². The zero-order valence-corrected chi connectivity index (χ0v) is 12.1. The molecule has 4 nitrogen and oxygen atoms in total. The quantitative estimate of drug-likeness (QED) is 0.776. The van der Waals surface area contributed by atoms with Gasteiger partial charge in [0.05, 0.1) is 5.92 Å². The first kappa shape index (κ1) is 14.2. The van der Waals surface area contributed by atoms with Gasteiger partial charge in [-0.05, 0) is 29.1 Å². The molecule has 3 N–H and O–H groups in total. The van der Waals surface area contributed by atoms with Crippen molar-refractivity contribution < 1.29 is 4.79 Å². The SMILES string of the molecule is NC[C@@H](C(=O)Nc1ccc2cnccc2c1)c1ccccc1. The summed E-state index contributed by atoms with van der Waals surface area (Å²) in [5, 5.41) is 5.02. The Morgan fingerprint density at radius 2 is 1.91 bits per heavy atom. The lowest BCUT2D eigenvalue weighted by Crippen LogP contribution is -2.27. The molecule has 110 valence electrons. The molecule has 0 aliphatic carbocycles. The number of hydrogen-bond acceptors (Lipinski definition) is 3. The third-order valence-corrected chi connectivity index (χ3v) is 3.66. The van der Waals surface area contributed by atoms with E-state index in [9.17, 15) is 4.79 Å². The van der Waals surface area contributed by atoms with E-state index in [1.54, 1.807) is 12.4 Å². The Hall–Kier alpha value is -2.72. The zero-order valence-electron chi connectivity index (χ0n) is 12.1. The molecule has 1 heterocycles. The number of carbonyl (C=O) groups excluding carboxylic acids is 1. The van der Waals surface area contributed by atoms with Crippen LogP contribution in [0.15, 0.2) is 67.0 Å². The summed E-state index contributed by atoms with van der Waals surface area (Å²) in [5.74, 6) is -0.448. The van der Waals surface area contributed by atoms with Crippen LogP contribution in [0.2, 0.25) is 0 Å². The van der Waals surface area contributed by atoms with E-state index in [4.69, 9.17) is 5.73 Å². The first-order chi connectivity index (χ1) is 10.8. The Morgan fingerprint density at radius 1 is 1.09 bits per heavy atom. The second-order valence-corrected chi connectivity index (χ2v) is 5.13. The highest BCUT2D eigenvalue weighted by molar-refractivity contribution is 5.98. The molecule has 0 saturated carbocycles. The van der Waals surface area contributed by atoms with Crippen LogP contribution in [-0.4, -0.2) is 17.4 Å². The van der Waals surface area contributed by atoms with Crippen LogP contribution in [0.25, 0.3) is 10.8 Å². The molecule has 2 aromatic carbocycles. The predicted molar refractivity (Wildman–Crippen MR) is 88.6 cm³/mol. The lowest BCUT2D eigenvalue weighted by atomic mass is 9.98. The molecule has 0 saturated heterocycles. The number of pyridine rings is 1. The number of nitrogens with one attached hydrogen (secondary N) is 1. The van der Waals surface area contributed by atoms with Crippen molar-refractivity contribution in [3.63, 3.8) is 0 Å². The van der Waals surface area contributed by atoms with Crippen LogP contribution in [0, 0.1) is 0 Å². The smallest absolute Gasteiger partial charge is 0.233 e. The number of nitrogens with zero attached hydrogens (tertiary/aromatic N) is 1. The van der Waals surface area contributed by atoms with Crippen LogP contribution >= 0.6 is 0 Å². The predicted octanol–water partition coefficient (Wildman–Crippen LogP) is 2.92. The normalized spacial score (nSPS) is 12.0. The third-order valence-electron chi connectivity index (χ3n) is 3.66. The topological polar surface area (TPSA) is 68.0 Å². The van der Waals surface area contributed by atoms with Gasteiger partial charge in [0.2, 0.25) is 5.91 Å². The van der Waals surface area contributed by atoms with Crippen LogP contribution in [0.4, 0.5) is 5.69 Å². The Labute approximate surface area is 129 Å². The van der Waals surface area contributed by atoms with E-state index >= 15 is 0 Å². The van der Waals surface area contributed by atoms with Crippen LogP contribution < -0.4 is 11.1 Å². The third kappa shape index (κ3) is 2.97. The van der Waals surface area contributed by atoms with E-state index < -0.39 is 0 Å². The zero-order chi connectivity index (χ0) is 15.4. The van der Waals surface area contributed by atoms with Crippen molar-refractivity contribution in [1.29, 1.82) is 0 Å². The maximum atomic E-state index is 12.5.